The van der Waals surface area contributed by atoms with Crippen molar-refractivity contribution in [1.82, 2.24) is 9.80 Å². The highest BCUT2D eigenvalue weighted by molar-refractivity contribution is 5.94. The summed E-state index contributed by atoms with van der Waals surface area (Å²) in [5, 5.41) is 8.87. The van der Waals surface area contributed by atoms with Gasteiger partial charge < -0.3 is 14.2 Å². The number of amides is 2. The first kappa shape index (κ1) is 17.7. The van der Waals surface area contributed by atoms with Crippen LogP contribution in [0.1, 0.15) is 40.9 Å². The Morgan fingerprint density at radius 2 is 2.19 bits per heavy atom. The summed E-state index contributed by atoms with van der Waals surface area (Å²) in [5.74, 6) is 0.691. The van der Waals surface area contributed by atoms with Gasteiger partial charge in [0.1, 0.15) is 5.76 Å². The van der Waals surface area contributed by atoms with Crippen LogP contribution in [0.4, 0.5) is 0 Å². The molecule has 6 heteroatoms. The molecule has 3 rings (SSSR count). The Hall–Kier alpha value is -3.07. The van der Waals surface area contributed by atoms with Gasteiger partial charge in [-0.05, 0) is 36.2 Å². The maximum atomic E-state index is 12.9. The van der Waals surface area contributed by atoms with Crippen molar-refractivity contribution in [3.63, 3.8) is 0 Å². The maximum Gasteiger partial charge on any atom is 0.254 e. The second-order valence-corrected chi connectivity index (χ2v) is 6.33. The van der Waals surface area contributed by atoms with Crippen molar-refractivity contribution in [2.24, 2.45) is 0 Å². The fraction of sp³-hybridized carbons (Fsp3) is 0.350. The molecule has 1 saturated heterocycles. The third-order valence-electron chi connectivity index (χ3n) is 4.43. The van der Waals surface area contributed by atoms with Crippen molar-refractivity contribution >= 4 is 11.8 Å². The Labute approximate surface area is 152 Å². The smallest absolute Gasteiger partial charge is 0.254 e. The zero-order valence-electron chi connectivity index (χ0n) is 14.6. The molecule has 6 nitrogen and oxygen atoms in total. The summed E-state index contributed by atoms with van der Waals surface area (Å²) >= 11 is 0. The van der Waals surface area contributed by atoms with Crippen LogP contribution >= 0.6 is 0 Å². The molecular formula is C20H21N3O3. The van der Waals surface area contributed by atoms with E-state index in [2.05, 4.69) is 6.07 Å². The quantitative estimate of drug-likeness (QED) is 0.768. The van der Waals surface area contributed by atoms with Gasteiger partial charge in [-0.15, -0.1) is 0 Å². The lowest BCUT2D eigenvalue weighted by Crippen LogP contribution is -2.31. The van der Waals surface area contributed by atoms with Crippen molar-refractivity contribution in [3.05, 3.63) is 59.5 Å². The number of furan rings is 1. The third-order valence-corrected chi connectivity index (χ3v) is 4.43. The average molecular weight is 351 g/mol. The van der Waals surface area contributed by atoms with Crippen LogP contribution in [0.5, 0.6) is 0 Å². The predicted molar refractivity (Wildman–Crippen MR) is 94.8 cm³/mol. The van der Waals surface area contributed by atoms with Crippen LogP contribution in [0.2, 0.25) is 0 Å². The summed E-state index contributed by atoms with van der Waals surface area (Å²) in [5.41, 5.74) is 1.49. The summed E-state index contributed by atoms with van der Waals surface area (Å²) in [6.45, 7) is 1.95. The molecule has 0 saturated carbocycles. The first-order chi connectivity index (χ1) is 12.7. The van der Waals surface area contributed by atoms with Crippen molar-refractivity contribution in [1.29, 1.82) is 5.26 Å². The molecule has 0 bridgehead atoms. The van der Waals surface area contributed by atoms with Crippen LogP contribution in [-0.4, -0.2) is 34.7 Å². The van der Waals surface area contributed by atoms with E-state index in [-0.39, 0.29) is 18.2 Å². The van der Waals surface area contributed by atoms with E-state index in [9.17, 15) is 9.59 Å². The molecule has 1 aliphatic rings. The molecule has 2 aromatic rings. The van der Waals surface area contributed by atoms with Crippen molar-refractivity contribution in [2.45, 2.75) is 32.4 Å². The number of hydrogen-bond acceptors (Lipinski definition) is 4. The normalized spacial score (nSPS) is 13.7. The lowest BCUT2D eigenvalue weighted by Gasteiger charge is -2.21. The zero-order chi connectivity index (χ0) is 18.4. The minimum Gasteiger partial charge on any atom is -0.467 e. The van der Waals surface area contributed by atoms with E-state index in [1.54, 1.807) is 23.3 Å². The molecule has 0 N–H and O–H groups in total. The van der Waals surface area contributed by atoms with Gasteiger partial charge in [-0.25, -0.2) is 0 Å². The molecule has 0 unspecified atom stereocenters. The Kier molecular flexibility index (Phi) is 5.69. The number of nitriles is 1. The van der Waals surface area contributed by atoms with Gasteiger partial charge in [-0.3, -0.25) is 9.59 Å². The van der Waals surface area contributed by atoms with E-state index in [1.165, 1.54) is 0 Å². The van der Waals surface area contributed by atoms with Crippen LogP contribution in [-0.2, 0) is 17.9 Å². The van der Waals surface area contributed by atoms with E-state index >= 15 is 0 Å². The number of carbonyl (C=O) groups excluding carboxylic acids is 2. The second-order valence-electron chi connectivity index (χ2n) is 6.33. The molecule has 2 amide bonds. The number of nitrogens with zero attached hydrogens (tertiary/aromatic N) is 3. The number of benzene rings is 1. The highest BCUT2D eigenvalue weighted by Crippen LogP contribution is 2.17. The van der Waals surface area contributed by atoms with Gasteiger partial charge >= 0.3 is 0 Å². The number of carbonyl (C=O) groups is 2. The highest BCUT2D eigenvalue weighted by Gasteiger charge is 2.21. The number of likely N-dealkylation sites (tertiary alicyclic amines) is 1. The van der Waals surface area contributed by atoms with E-state index in [0.717, 1.165) is 18.5 Å². The molecule has 1 aliphatic heterocycles. The molecule has 1 aromatic carbocycles. The third kappa shape index (κ3) is 4.31. The van der Waals surface area contributed by atoms with Gasteiger partial charge in [-0.1, -0.05) is 12.1 Å². The fourth-order valence-electron chi connectivity index (χ4n) is 3.10. The molecule has 2 heterocycles. The fourth-order valence-corrected chi connectivity index (χ4v) is 3.10. The summed E-state index contributed by atoms with van der Waals surface area (Å²) in [7, 11) is 0. The first-order valence-electron chi connectivity index (χ1n) is 8.72. The van der Waals surface area contributed by atoms with Gasteiger partial charge in [-0.2, -0.15) is 5.26 Å². The average Bonchev–Trinajstić information content (AvgIpc) is 3.30. The van der Waals surface area contributed by atoms with Crippen LogP contribution < -0.4 is 0 Å². The number of hydrogen-bond donors (Lipinski definition) is 0. The van der Waals surface area contributed by atoms with Crippen molar-refractivity contribution < 1.29 is 14.0 Å². The van der Waals surface area contributed by atoms with E-state index in [0.29, 0.717) is 37.4 Å². The minimum absolute atomic E-state index is 0.147. The Morgan fingerprint density at radius 1 is 1.31 bits per heavy atom. The highest BCUT2D eigenvalue weighted by atomic mass is 16.3. The van der Waals surface area contributed by atoms with Gasteiger partial charge in [0.15, 0.2) is 0 Å². The Balaban J connectivity index is 1.74. The molecular weight excluding hydrogens is 330 g/mol. The van der Waals surface area contributed by atoms with Gasteiger partial charge in [0.2, 0.25) is 5.91 Å². The monoisotopic (exact) mass is 351 g/mol. The van der Waals surface area contributed by atoms with Gasteiger partial charge in [0, 0.05) is 31.6 Å². The van der Waals surface area contributed by atoms with E-state index < -0.39 is 0 Å². The Morgan fingerprint density at radius 3 is 2.88 bits per heavy atom. The first-order valence-corrected chi connectivity index (χ1v) is 8.72. The summed E-state index contributed by atoms with van der Waals surface area (Å²) in [6.07, 6.45) is 3.32. The van der Waals surface area contributed by atoms with E-state index in [1.807, 2.05) is 29.2 Å². The summed E-state index contributed by atoms with van der Waals surface area (Å²) < 4.78 is 5.33. The van der Waals surface area contributed by atoms with Crippen LogP contribution in [0.3, 0.4) is 0 Å². The molecule has 0 radical (unpaired) electrons. The Bertz CT molecular complexity index is 808. The molecule has 26 heavy (non-hydrogen) atoms. The second kappa shape index (κ2) is 8.34. The largest absolute Gasteiger partial charge is 0.467 e. The zero-order valence-corrected chi connectivity index (χ0v) is 14.6. The van der Waals surface area contributed by atoms with Crippen molar-refractivity contribution in [2.75, 3.05) is 13.1 Å². The molecule has 134 valence electrons. The van der Waals surface area contributed by atoms with Crippen molar-refractivity contribution in [3.8, 4) is 6.07 Å². The van der Waals surface area contributed by atoms with Gasteiger partial charge in [0.25, 0.3) is 5.91 Å². The molecule has 0 aliphatic carbocycles. The van der Waals surface area contributed by atoms with E-state index in [4.69, 9.17) is 9.68 Å². The van der Waals surface area contributed by atoms with Crippen LogP contribution in [0.25, 0.3) is 0 Å². The predicted octanol–water partition coefficient (Wildman–Crippen LogP) is 2.96. The van der Waals surface area contributed by atoms with Crippen LogP contribution in [0, 0.1) is 11.3 Å². The molecule has 1 fully saturated rings. The topological polar surface area (TPSA) is 77.6 Å². The SMILES string of the molecule is N#CCCN(Cc1ccco1)C(=O)c1cccc(CN2CCCC2=O)c1. The molecule has 0 atom stereocenters. The lowest BCUT2D eigenvalue weighted by atomic mass is 10.1. The lowest BCUT2D eigenvalue weighted by molar-refractivity contribution is -0.128. The minimum atomic E-state index is -0.147. The summed E-state index contributed by atoms with van der Waals surface area (Å²) in [6, 6.07) is 13.0. The maximum absolute atomic E-state index is 12.9. The molecule has 0 spiro atoms. The number of rotatable bonds is 7. The molecule has 1 aromatic heterocycles. The van der Waals surface area contributed by atoms with Crippen LogP contribution in [0.15, 0.2) is 47.1 Å². The summed E-state index contributed by atoms with van der Waals surface area (Å²) in [4.78, 5) is 28.2. The van der Waals surface area contributed by atoms with Gasteiger partial charge in [0.05, 0.1) is 25.3 Å². The standard InChI is InChI=1S/C20H21N3O3/c21-9-4-11-23(15-18-7-3-12-26-18)20(25)17-6-1-5-16(13-17)14-22-10-2-8-19(22)24/h1,3,5-7,12-13H,2,4,8,10-11,14-15H2.